The van der Waals surface area contributed by atoms with Gasteiger partial charge in [0, 0.05) is 6.20 Å². The third-order valence-corrected chi connectivity index (χ3v) is 3.93. The summed E-state index contributed by atoms with van der Waals surface area (Å²) in [4.78, 5) is 41.4. The number of amides is 2. The van der Waals surface area contributed by atoms with Crippen molar-refractivity contribution in [1.29, 1.82) is 0 Å². The molecule has 0 aliphatic rings. The van der Waals surface area contributed by atoms with Crippen molar-refractivity contribution < 1.29 is 23.9 Å². The molecule has 0 fully saturated rings. The van der Waals surface area contributed by atoms with Crippen LogP contribution in [0.15, 0.2) is 18.3 Å². The highest BCUT2D eigenvalue weighted by molar-refractivity contribution is 7.98. The summed E-state index contributed by atoms with van der Waals surface area (Å²) in [6.07, 6.45) is 3.07. The second-order valence-electron chi connectivity index (χ2n) is 8.37. The van der Waals surface area contributed by atoms with Crippen molar-refractivity contribution in [2.24, 2.45) is 0 Å². The van der Waals surface area contributed by atoms with Gasteiger partial charge in [-0.1, -0.05) is 0 Å². The Balaban J connectivity index is 2.97. The number of hydrogen-bond donors (Lipinski definition) is 2. The van der Waals surface area contributed by atoms with Crippen LogP contribution in [0.5, 0.6) is 0 Å². The molecule has 0 radical (unpaired) electrons. The lowest BCUT2D eigenvalue weighted by atomic mass is 10.1. The van der Waals surface area contributed by atoms with Crippen LogP contribution in [-0.4, -0.2) is 52.2 Å². The fourth-order valence-electron chi connectivity index (χ4n) is 2.16. The van der Waals surface area contributed by atoms with Gasteiger partial charge in [0.15, 0.2) is 0 Å². The smallest absolute Gasteiger partial charge is 0.408 e. The van der Waals surface area contributed by atoms with E-state index in [-0.39, 0.29) is 11.4 Å². The summed E-state index contributed by atoms with van der Waals surface area (Å²) >= 11 is 1.55. The van der Waals surface area contributed by atoms with E-state index in [1.807, 2.05) is 6.26 Å². The minimum atomic E-state index is -0.842. The number of alkyl carbamates (subject to hydrolysis) is 1. The molecule has 0 aliphatic carbocycles. The fourth-order valence-corrected chi connectivity index (χ4v) is 2.63. The number of thioether (sulfide) groups is 1. The number of pyridine rings is 1. The van der Waals surface area contributed by atoms with E-state index >= 15 is 0 Å². The molecule has 0 saturated heterocycles. The molecule has 1 aromatic heterocycles. The molecule has 0 unspecified atom stereocenters. The van der Waals surface area contributed by atoms with Gasteiger partial charge >= 0.3 is 12.1 Å². The minimum Gasteiger partial charge on any atom is -0.456 e. The summed E-state index contributed by atoms with van der Waals surface area (Å²) in [5, 5.41) is 5.21. The van der Waals surface area contributed by atoms with E-state index in [1.165, 1.54) is 12.3 Å². The molecule has 162 valence electrons. The number of anilines is 1. The molecular weight excluding hydrogens is 394 g/mol. The first-order valence-electron chi connectivity index (χ1n) is 9.30. The summed E-state index contributed by atoms with van der Waals surface area (Å²) in [5.41, 5.74) is -1.24. The first-order valence-corrected chi connectivity index (χ1v) is 10.7. The standard InChI is InChI=1S/C20H31N3O5S/c1-19(2,3)27-17(25)13-9-8-11-21-15(13)23-16(24)14(10-12-29-7)22-18(26)28-20(4,5)6/h8-9,11,14H,10,12H2,1-7H3,(H,22,26)(H,21,23,24)/t14-/m0/s1. The van der Waals surface area contributed by atoms with Crippen molar-refractivity contribution in [3.63, 3.8) is 0 Å². The van der Waals surface area contributed by atoms with Crippen molar-refractivity contribution in [2.75, 3.05) is 17.3 Å². The molecule has 2 amide bonds. The van der Waals surface area contributed by atoms with Gasteiger partial charge < -0.3 is 20.1 Å². The number of nitrogens with one attached hydrogen (secondary N) is 2. The maximum atomic E-state index is 12.8. The van der Waals surface area contributed by atoms with E-state index in [1.54, 1.807) is 59.4 Å². The topological polar surface area (TPSA) is 107 Å². The molecule has 1 heterocycles. The Morgan fingerprint density at radius 3 is 2.28 bits per heavy atom. The number of rotatable bonds is 7. The molecule has 0 spiro atoms. The normalized spacial score (nSPS) is 12.7. The zero-order valence-electron chi connectivity index (χ0n) is 18.1. The largest absolute Gasteiger partial charge is 0.456 e. The predicted molar refractivity (Wildman–Crippen MR) is 114 cm³/mol. The van der Waals surface area contributed by atoms with Gasteiger partial charge in [0.25, 0.3) is 0 Å². The van der Waals surface area contributed by atoms with Crippen LogP contribution >= 0.6 is 11.8 Å². The molecule has 1 atom stereocenters. The predicted octanol–water partition coefficient (Wildman–Crippen LogP) is 3.62. The molecule has 1 aromatic rings. The molecule has 9 heteroatoms. The Morgan fingerprint density at radius 2 is 1.72 bits per heavy atom. The van der Waals surface area contributed by atoms with Crippen LogP contribution in [0.2, 0.25) is 0 Å². The molecule has 0 aliphatic heterocycles. The first-order chi connectivity index (χ1) is 13.3. The van der Waals surface area contributed by atoms with Crippen LogP contribution in [0.1, 0.15) is 58.3 Å². The lowest BCUT2D eigenvalue weighted by Gasteiger charge is -2.23. The zero-order valence-corrected chi connectivity index (χ0v) is 18.9. The highest BCUT2D eigenvalue weighted by atomic mass is 32.2. The third-order valence-electron chi connectivity index (χ3n) is 3.29. The van der Waals surface area contributed by atoms with E-state index in [4.69, 9.17) is 9.47 Å². The lowest BCUT2D eigenvalue weighted by molar-refractivity contribution is -0.118. The summed E-state index contributed by atoms with van der Waals surface area (Å²) < 4.78 is 10.6. The quantitative estimate of drug-likeness (QED) is 0.643. The van der Waals surface area contributed by atoms with Crippen LogP contribution in [0.3, 0.4) is 0 Å². The number of aromatic nitrogens is 1. The molecule has 0 saturated carbocycles. The molecule has 8 nitrogen and oxygen atoms in total. The van der Waals surface area contributed by atoms with E-state index in [2.05, 4.69) is 15.6 Å². The van der Waals surface area contributed by atoms with Crippen molar-refractivity contribution >= 4 is 35.5 Å². The molecule has 29 heavy (non-hydrogen) atoms. The van der Waals surface area contributed by atoms with Crippen molar-refractivity contribution in [2.45, 2.75) is 65.2 Å². The fraction of sp³-hybridized carbons (Fsp3) is 0.600. The minimum absolute atomic E-state index is 0.0758. The lowest BCUT2D eigenvalue weighted by Crippen LogP contribution is -2.46. The Morgan fingerprint density at radius 1 is 1.10 bits per heavy atom. The van der Waals surface area contributed by atoms with E-state index < -0.39 is 35.2 Å². The maximum Gasteiger partial charge on any atom is 0.408 e. The summed E-state index contributed by atoms with van der Waals surface area (Å²) in [6.45, 7) is 10.5. The summed E-state index contributed by atoms with van der Waals surface area (Å²) in [7, 11) is 0. The number of nitrogens with zero attached hydrogens (tertiary/aromatic N) is 1. The highest BCUT2D eigenvalue weighted by Gasteiger charge is 2.27. The number of carbonyl (C=O) groups excluding carboxylic acids is 3. The van der Waals surface area contributed by atoms with Gasteiger partial charge in [0.05, 0.1) is 0 Å². The van der Waals surface area contributed by atoms with E-state index in [0.717, 1.165) is 0 Å². The molecule has 0 bridgehead atoms. The maximum absolute atomic E-state index is 12.8. The van der Waals surface area contributed by atoms with Gasteiger partial charge in [-0.3, -0.25) is 4.79 Å². The van der Waals surface area contributed by atoms with E-state index in [9.17, 15) is 14.4 Å². The van der Waals surface area contributed by atoms with Crippen LogP contribution in [-0.2, 0) is 14.3 Å². The monoisotopic (exact) mass is 425 g/mol. The summed E-state index contributed by atoms with van der Waals surface area (Å²) in [5.74, 6) is -0.364. The average Bonchev–Trinajstić information content (AvgIpc) is 2.55. The first kappa shape index (κ1) is 24.7. The van der Waals surface area contributed by atoms with Gasteiger partial charge in [-0.05, 0) is 72.1 Å². The zero-order chi connectivity index (χ0) is 22.2. The number of esters is 1. The Bertz CT molecular complexity index is 726. The molecule has 1 rings (SSSR count). The van der Waals surface area contributed by atoms with Crippen molar-refractivity contribution in [3.8, 4) is 0 Å². The molecular formula is C20H31N3O5S. The van der Waals surface area contributed by atoms with Crippen LogP contribution in [0, 0.1) is 0 Å². The molecule has 0 aromatic carbocycles. The van der Waals surface area contributed by atoms with Gasteiger partial charge in [0.2, 0.25) is 5.91 Å². The van der Waals surface area contributed by atoms with Gasteiger partial charge in [-0.15, -0.1) is 0 Å². The second kappa shape index (κ2) is 10.5. The third kappa shape index (κ3) is 9.65. The Hall–Kier alpha value is -2.29. The Labute approximate surface area is 176 Å². The number of carbonyl (C=O) groups is 3. The van der Waals surface area contributed by atoms with Crippen molar-refractivity contribution in [3.05, 3.63) is 23.9 Å². The van der Waals surface area contributed by atoms with Crippen LogP contribution in [0.25, 0.3) is 0 Å². The second-order valence-corrected chi connectivity index (χ2v) is 9.36. The summed E-state index contributed by atoms with van der Waals surface area (Å²) in [6, 6.07) is 2.26. The highest BCUT2D eigenvalue weighted by Crippen LogP contribution is 2.18. The number of hydrogen-bond acceptors (Lipinski definition) is 7. The SMILES string of the molecule is CSCC[C@H](NC(=O)OC(C)(C)C)C(=O)Nc1ncccc1C(=O)OC(C)(C)C. The molecule has 2 N–H and O–H groups in total. The van der Waals surface area contributed by atoms with Gasteiger partial charge in [0.1, 0.15) is 28.6 Å². The van der Waals surface area contributed by atoms with Crippen molar-refractivity contribution in [1.82, 2.24) is 10.3 Å². The average molecular weight is 426 g/mol. The van der Waals surface area contributed by atoms with Gasteiger partial charge in [-0.25, -0.2) is 14.6 Å². The van der Waals surface area contributed by atoms with Gasteiger partial charge in [-0.2, -0.15) is 11.8 Å². The number of ether oxygens (including phenoxy) is 2. The van der Waals surface area contributed by atoms with E-state index in [0.29, 0.717) is 12.2 Å². The Kier molecular flexibility index (Phi) is 8.94. The van der Waals surface area contributed by atoms with Crippen LogP contribution < -0.4 is 10.6 Å². The van der Waals surface area contributed by atoms with Crippen LogP contribution in [0.4, 0.5) is 10.6 Å².